The van der Waals surface area contributed by atoms with E-state index in [1.54, 1.807) is 0 Å². The van der Waals surface area contributed by atoms with E-state index in [1.807, 2.05) is 0 Å². The lowest BCUT2D eigenvalue weighted by Gasteiger charge is -2.34. The van der Waals surface area contributed by atoms with Gasteiger partial charge in [0.05, 0.1) is 6.61 Å². The number of aliphatic hydroxyl groups is 3. The van der Waals surface area contributed by atoms with Gasteiger partial charge in [-0.3, -0.25) is 0 Å². The SMILES string of the molecule is O[C@@H]1[C@@H](O)[C@@H](Oc2ccc(F)cc2)OC[C@H]1O. The number of hydrogen-bond acceptors (Lipinski definition) is 5. The van der Waals surface area contributed by atoms with Gasteiger partial charge in [-0.25, -0.2) is 4.39 Å². The van der Waals surface area contributed by atoms with E-state index in [9.17, 15) is 19.7 Å². The van der Waals surface area contributed by atoms with E-state index in [1.165, 1.54) is 24.3 Å². The normalized spacial score (nSPS) is 33.4. The van der Waals surface area contributed by atoms with Crippen LogP contribution in [0.4, 0.5) is 4.39 Å². The third kappa shape index (κ3) is 2.73. The van der Waals surface area contributed by atoms with Crippen LogP contribution in [0.25, 0.3) is 0 Å². The molecule has 3 N–H and O–H groups in total. The predicted molar refractivity (Wildman–Crippen MR) is 54.8 cm³/mol. The van der Waals surface area contributed by atoms with Crippen molar-refractivity contribution < 1.29 is 29.2 Å². The van der Waals surface area contributed by atoms with Crippen LogP contribution in [0.2, 0.25) is 0 Å². The van der Waals surface area contributed by atoms with Crippen LogP contribution >= 0.6 is 0 Å². The summed E-state index contributed by atoms with van der Waals surface area (Å²) in [5.74, 6) is -0.100. The summed E-state index contributed by atoms with van der Waals surface area (Å²) in [6.45, 7) is -0.135. The van der Waals surface area contributed by atoms with Gasteiger partial charge in [0, 0.05) is 0 Å². The Bertz CT molecular complexity index is 369. The average molecular weight is 244 g/mol. The van der Waals surface area contributed by atoms with Crippen molar-refractivity contribution >= 4 is 0 Å². The molecule has 1 saturated heterocycles. The molecule has 4 atom stereocenters. The van der Waals surface area contributed by atoms with Crippen LogP contribution in [0, 0.1) is 5.82 Å². The summed E-state index contributed by atoms with van der Waals surface area (Å²) in [5.41, 5.74) is 0. The Morgan fingerprint density at radius 2 is 1.76 bits per heavy atom. The Balaban J connectivity index is 2.01. The van der Waals surface area contributed by atoms with E-state index in [-0.39, 0.29) is 6.61 Å². The number of benzene rings is 1. The molecule has 0 aliphatic carbocycles. The molecule has 1 aliphatic heterocycles. The minimum absolute atomic E-state index is 0.135. The quantitative estimate of drug-likeness (QED) is 0.662. The molecule has 0 spiro atoms. The minimum atomic E-state index is -1.36. The number of aliphatic hydroxyl groups excluding tert-OH is 3. The average Bonchev–Trinajstić information content (AvgIpc) is 2.33. The van der Waals surface area contributed by atoms with E-state index in [0.717, 1.165) is 0 Å². The third-order valence-corrected chi connectivity index (χ3v) is 2.52. The number of rotatable bonds is 2. The maximum atomic E-state index is 12.6. The van der Waals surface area contributed by atoms with E-state index in [4.69, 9.17) is 9.47 Å². The fourth-order valence-electron chi connectivity index (χ4n) is 1.53. The van der Waals surface area contributed by atoms with Crippen LogP contribution < -0.4 is 4.74 Å². The van der Waals surface area contributed by atoms with Crippen molar-refractivity contribution in [3.8, 4) is 5.75 Å². The van der Waals surface area contributed by atoms with Gasteiger partial charge in [0.25, 0.3) is 0 Å². The molecule has 1 aromatic rings. The number of hydrogen-bond donors (Lipinski definition) is 3. The van der Waals surface area contributed by atoms with Gasteiger partial charge in [0.15, 0.2) is 0 Å². The smallest absolute Gasteiger partial charge is 0.228 e. The zero-order chi connectivity index (χ0) is 12.4. The maximum Gasteiger partial charge on any atom is 0.228 e. The third-order valence-electron chi connectivity index (χ3n) is 2.52. The fourth-order valence-corrected chi connectivity index (χ4v) is 1.53. The summed E-state index contributed by atoms with van der Waals surface area (Å²) in [6, 6.07) is 5.16. The van der Waals surface area contributed by atoms with E-state index in [2.05, 4.69) is 0 Å². The standard InChI is InChI=1S/C11H13FO5/c12-6-1-3-7(4-2-6)17-11-10(15)9(14)8(13)5-16-11/h1-4,8-11,13-15H,5H2/t8-,9+,10-,11-/m1/s1. The molecule has 1 aliphatic rings. The second-order valence-electron chi connectivity index (χ2n) is 3.82. The lowest BCUT2D eigenvalue weighted by molar-refractivity contribution is -0.242. The van der Waals surface area contributed by atoms with Crippen LogP contribution in [-0.4, -0.2) is 46.5 Å². The Morgan fingerprint density at radius 3 is 2.41 bits per heavy atom. The highest BCUT2D eigenvalue weighted by Crippen LogP contribution is 2.20. The summed E-state index contributed by atoms with van der Waals surface area (Å²) in [4.78, 5) is 0. The molecule has 0 saturated carbocycles. The highest BCUT2D eigenvalue weighted by atomic mass is 19.1. The van der Waals surface area contributed by atoms with Crippen molar-refractivity contribution in [2.45, 2.75) is 24.6 Å². The van der Waals surface area contributed by atoms with Crippen molar-refractivity contribution in [3.05, 3.63) is 30.1 Å². The predicted octanol–water partition coefficient (Wildman–Crippen LogP) is -0.357. The first-order valence-electron chi connectivity index (χ1n) is 5.16. The highest BCUT2D eigenvalue weighted by molar-refractivity contribution is 5.22. The van der Waals surface area contributed by atoms with Gasteiger partial charge in [-0.1, -0.05) is 0 Å². The monoisotopic (exact) mass is 244 g/mol. The van der Waals surface area contributed by atoms with Crippen LogP contribution in [0.1, 0.15) is 0 Å². The second-order valence-corrected chi connectivity index (χ2v) is 3.82. The Morgan fingerprint density at radius 1 is 1.12 bits per heavy atom. The van der Waals surface area contributed by atoms with Crippen molar-refractivity contribution in [1.29, 1.82) is 0 Å². The largest absolute Gasteiger partial charge is 0.462 e. The topological polar surface area (TPSA) is 79.2 Å². The zero-order valence-electron chi connectivity index (χ0n) is 8.86. The fraction of sp³-hybridized carbons (Fsp3) is 0.455. The Labute approximate surface area is 97.0 Å². The van der Waals surface area contributed by atoms with Gasteiger partial charge in [-0.05, 0) is 24.3 Å². The van der Waals surface area contributed by atoms with E-state index >= 15 is 0 Å². The molecule has 2 rings (SSSR count). The molecule has 1 heterocycles. The molecule has 1 aromatic carbocycles. The lowest BCUT2D eigenvalue weighted by Crippen LogP contribution is -2.54. The van der Waals surface area contributed by atoms with Gasteiger partial charge in [0.1, 0.15) is 29.9 Å². The highest BCUT2D eigenvalue weighted by Gasteiger charge is 2.38. The number of ether oxygens (including phenoxy) is 2. The molecule has 17 heavy (non-hydrogen) atoms. The molecule has 0 bridgehead atoms. The summed E-state index contributed by atoms with van der Waals surface area (Å²) in [5, 5.41) is 28.2. The second kappa shape index (κ2) is 4.97. The van der Waals surface area contributed by atoms with Crippen LogP contribution in [0.15, 0.2) is 24.3 Å². The Kier molecular flexibility index (Phi) is 3.58. The van der Waals surface area contributed by atoms with Gasteiger partial charge >= 0.3 is 0 Å². The molecular formula is C11H13FO5. The Hall–Kier alpha value is -1.21. The number of halogens is 1. The molecule has 6 heteroatoms. The van der Waals surface area contributed by atoms with E-state index in [0.29, 0.717) is 5.75 Å². The summed E-state index contributed by atoms with van der Waals surface area (Å²) >= 11 is 0. The van der Waals surface area contributed by atoms with Gasteiger partial charge in [0.2, 0.25) is 6.29 Å². The van der Waals surface area contributed by atoms with Crippen molar-refractivity contribution in [2.24, 2.45) is 0 Å². The summed E-state index contributed by atoms with van der Waals surface area (Å²) in [6.07, 6.45) is -4.91. The molecule has 1 fully saturated rings. The van der Waals surface area contributed by atoms with E-state index < -0.39 is 30.4 Å². The minimum Gasteiger partial charge on any atom is -0.462 e. The van der Waals surface area contributed by atoms with Crippen molar-refractivity contribution in [1.82, 2.24) is 0 Å². The summed E-state index contributed by atoms with van der Waals surface area (Å²) in [7, 11) is 0. The van der Waals surface area contributed by atoms with Crippen molar-refractivity contribution in [3.63, 3.8) is 0 Å². The molecule has 5 nitrogen and oxygen atoms in total. The van der Waals surface area contributed by atoms with Crippen LogP contribution in [0.5, 0.6) is 5.75 Å². The van der Waals surface area contributed by atoms with Gasteiger partial charge in [-0.2, -0.15) is 0 Å². The molecular weight excluding hydrogens is 231 g/mol. The van der Waals surface area contributed by atoms with Crippen molar-refractivity contribution in [2.75, 3.05) is 6.61 Å². The molecule has 0 radical (unpaired) electrons. The molecule has 94 valence electrons. The molecule has 0 aromatic heterocycles. The molecule has 0 amide bonds. The summed E-state index contributed by atoms with van der Waals surface area (Å²) < 4.78 is 22.9. The first-order chi connectivity index (χ1) is 8.08. The van der Waals surface area contributed by atoms with Crippen LogP contribution in [0.3, 0.4) is 0 Å². The lowest BCUT2D eigenvalue weighted by atomic mass is 10.1. The van der Waals surface area contributed by atoms with Gasteiger partial charge < -0.3 is 24.8 Å². The first-order valence-corrected chi connectivity index (χ1v) is 5.16. The van der Waals surface area contributed by atoms with Gasteiger partial charge in [-0.15, -0.1) is 0 Å². The van der Waals surface area contributed by atoms with Crippen LogP contribution in [-0.2, 0) is 4.74 Å². The first kappa shape index (κ1) is 12.3. The zero-order valence-corrected chi connectivity index (χ0v) is 8.86. The molecule has 0 unspecified atom stereocenters. The maximum absolute atomic E-state index is 12.6.